The summed E-state index contributed by atoms with van der Waals surface area (Å²) >= 11 is 7.79. The molecule has 0 N–H and O–H groups in total. The zero-order valence-corrected chi connectivity index (χ0v) is 19.2. The number of hydrogen-bond acceptors (Lipinski definition) is 3. The van der Waals surface area contributed by atoms with E-state index in [1.165, 1.54) is 11.8 Å². The van der Waals surface area contributed by atoms with Gasteiger partial charge >= 0.3 is 0 Å². The maximum atomic E-state index is 13.3. The van der Waals surface area contributed by atoms with Gasteiger partial charge in [-0.05, 0) is 50.5 Å². The first kappa shape index (κ1) is 22.7. The minimum absolute atomic E-state index is 0.0741. The summed E-state index contributed by atoms with van der Waals surface area (Å²) in [6, 6.07) is 17.2. The van der Waals surface area contributed by atoms with Crippen molar-refractivity contribution in [2.45, 2.75) is 49.3 Å². The molecule has 0 bridgehead atoms. The predicted molar refractivity (Wildman–Crippen MR) is 124 cm³/mol. The van der Waals surface area contributed by atoms with Crippen LogP contribution in [0.25, 0.3) is 0 Å². The molecule has 4 nitrogen and oxygen atoms in total. The van der Waals surface area contributed by atoms with Gasteiger partial charge in [0.1, 0.15) is 0 Å². The Labute approximate surface area is 188 Å². The SMILES string of the molecule is CCCN(C(=O)C(C)Sc1ccccc1Cl)C1CCN(C(=O)c2ccccc2)CC1. The summed E-state index contributed by atoms with van der Waals surface area (Å²) in [6.07, 6.45) is 2.54. The van der Waals surface area contributed by atoms with E-state index in [1.807, 2.05) is 71.3 Å². The molecule has 1 aliphatic rings. The second-order valence-electron chi connectivity index (χ2n) is 7.61. The molecule has 0 aromatic heterocycles. The topological polar surface area (TPSA) is 40.6 Å². The maximum Gasteiger partial charge on any atom is 0.253 e. The van der Waals surface area contributed by atoms with Crippen LogP contribution in [0.4, 0.5) is 0 Å². The molecule has 30 heavy (non-hydrogen) atoms. The molecule has 2 aromatic carbocycles. The first-order chi connectivity index (χ1) is 14.5. The molecule has 1 fully saturated rings. The van der Waals surface area contributed by atoms with E-state index < -0.39 is 0 Å². The maximum absolute atomic E-state index is 13.3. The Kier molecular flexibility index (Phi) is 8.23. The molecule has 1 unspecified atom stereocenters. The van der Waals surface area contributed by atoms with Crippen LogP contribution in [0.1, 0.15) is 43.5 Å². The highest BCUT2D eigenvalue weighted by atomic mass is 35.5. The van der Waals surface area contributed by atoms with Crippen LogP contribution >= 0.6 is 23.4 Å². The number of carbonyl (C=O) groups excluding carboxylic acids is 2. The average molecular weight is 445 g/mol. The second kappa shape index (κ2) is 10.9. The molecule has 0 radical (unpaired) electrons. The van der Waals surface area contributed by atoms with Gasteiger partial charge in [-0.2, -0.15) is 0 Å². The molecule has 160 valence electrons. The van der Waals surface area contributed by atoms with Crippen LogP contribution < -0.4 is 0 Å². The van der Waals surface area contributed by atoms with Crippen molar-refractivity contribution in [3.63, 3.8) is 0 Å². The number of amides is 2. The van der Waals surface area contributed by atoms with Crippen molar-refractivity contribution in [1.29, 1.82) is 0 Å². The van der Waals surface area contributed by atoms with Gasteiger partial charge in [-0.15, -0.1) is 11.8 Å². The summed E-state index contributed by atoms with van der Waals surface area (Å²) in [5.74, 6) is 0.222. The molecule has 1 heterocycles. The van der Waals surface area contributed by atoms with Gasteiger partial charge in [-0.25, -0.2) is 0 Å². The van der Waals surface area contributed by atoms with Gasteiger partial charge in [0.2, 0.25) is 5.91 Å². The van der Waals surface area contributed by atoms with Crippen molar-refractivity contribution < 1.29 is 9.59 Å². The van der Waals surface area contributed by atoms with Crippen LogP contribution in [0.3, 0.4) is 0 Å². The van der Waals surface area contributed by atoms with Crippen molar-refractivity contribution in [1.82, 2.24) is 9.80 Å². The number of benzene rings is 2. The molecule has 2 aromatic rings. The largest absolute Gasteiger partial charge is 0.339 e. The van der Waals surface area contributed by atoms with Gasteiger partial charge in [-0.1, -0.05) is 48.9 Å². The van der Waals surface area contributed by atoms with Crippen LogP contribution in [-0.4, -0.2) is 52.5 Å². The Morgan fingerprint density at radius 3 is 2.37 bits per heavy atom. The molecule has 0 spiro atoms. The van der Waals surface area contributed by atoms with E-state index in [1.54, 1.807) is 0 Å². The van der Waals surface area contributed by atoms with Crippen molar-refractivity contribution in [3.8, 4) is 0 Å². The lowest BCUT2D eigenvalue weighted by atomic mass is 10.0. The fourth-order valence-electron chi connectivity index (χ4n) is 3.87. The summed E-state index contributed by atoms with van der Waals surface area (Å²) < 4.78 is 0. The Hall–Kier alpha value is -1.98. The molecule has 6 heteroatoms. The summed E-state index contributed by atoms with van der Waals surface area (Å²) in [4.78, 5) is 30.8. The summed E-state index contributed by atoms with van der Waals surface area (Å²) in [5, 5.41) is 0.470. The zero-order chi connectivity index (χ0) is 21.5. The molecular weight excluding hydrogens is 416 g/mol. The molecule has 0 aliphatic carbocycles. The normalized spacial score (nSPS) is 15.6. The molecule has 1 atom stereocenters. The smallest absolute Gasteiger partial charge is 0.253 e. The summed E-state index contributed by atoms with van der Waals surface area (Å²) in [7, 11) is 0. The van der Waals surface area contributed by atoms with E-state index >= 15 is 0 Å². The number of carbonyl (C=O) groups is 2. The minimum atomic E-state index is -0.208. The number of likely N-dealkylation sites (tertiary alicyclic amines) is 1. The Balaban J connectivity index is 1.61. The summed E-state index contributed by atoms with van der Waals surface area (Å²) in [6.45, 7) is 6.15. The van der Waals surface area contributed by atoms with E-state index in [2.05, 4.69) is 6.92 Å². The van der Waals surface area contributed by atoms with Gasteiger partial charge < -0.3 is 9.80 Å². The van der Waals surface area contributed by atoms with Gasteiger partial charge in [0.05, 0.1) is 10.3 Å². The molecule has 0 saturated carbocycles. The first-order valence-electron chi connectivity index (χ1n) is 10.6. The van der Waals surface area contributed by atoms with Gasteiger partial charge in [0.25, 0.3) is 5.91 Å². The lowest BCUT2D eigenvalue weighted by molar-refractivity contribution is -0.133. The quantitative estimate of drug-likeness (QED) is 0.539. The van der Waals surface area contributed by atoms with Crippen LogP contribution in [-0.2, 0) is 4.79 Å². The van der Waals surface area contributed by atoms with Crippen LogP contribution in [0.15, 0.2) is 59.5 Å². The predicted octanol–water partition coefficient (Wildman–Crippen LogP) is 5.36. The van der Waals surface area contributed by atoms with Crippen molar-refractivity contribution in [2.24, 2.45) is 0 Å². The monoisotopic (exact) mass is 444 g/mol. The van der Waals surface area contributed by atoms with Gasteiger partial charge in [-0.3, -0.25) is 9.59 Å². The number of halogens is 1. The third-order valence-electron chi connectivity index (χ3n) is 5.45. The highest BCUT2D eigenvalue weighted by Gasteiger charge is 2.31. The lowest BCUT2D eigenvalue weighted by Crippen LogP contribution is -2.50. The van der Waals surface area contributed by atoms with E-state index in [9.17, 15) is 9.59 Å². The zero-order valence-electron chi connectivity index (χ0n) is 17.6. The van der Waals surface area contributed by atoms with Crippen molar-refractivity contribution in [3.05, 3.63) is 65.2 Å². The Morgan fingerprint density at radius 2 is 1.73 bits per heavy atom. The van der Waals surface area contributed by atoms with Crippen LogP contribution in [0.5, 0.6) is 0 Å². The van der Waals surface area contributed by atoms with Crippen molar-refractivity contribution in [2.75, 3.05) is 19.6 Å². The number of thioether (sulfide) groups is 1. The number of piperidine rings is 1. The third kappa shape index (κ3) is 5.58. The second-order valence-corrected chi connectivity index (χ2v) is 9.40. The Morgan fingerprint density at radius 1 is 1.10 bits per heavy atom. The standard InChI is InChI=1S/C24H29ClN2O2S/c1-3-15-27(23(28)18(2)30-22-12-8-7-11-21(22)25)20-13-16-26(17-14-20)24(29)19-9-5-4-6-10-19/h4-12,18,20H,3,13-17H2,1-2H3. The van der Waals surface area contributed by atoms with E-state index in [0.717, 1.165) is 36.3 Å². The van der Waals surface area contributed by atoms with Gasteiger partial charge in [0.15, 0.2) is 0 Å². The minimum Gasteiger partial charge on any atom is -0.339 e. The van der Waals surface area contributed by atoms with Gasteiger partial charge in [0, 0.05) is 36.1 Å². The number of hydrogen-bond donors (Lipinski definition) is 0. The third-order valence-corrected chi connectivity index (χ3v) is 7.06. The number of rotatable bonds is 7. The molecule has 2 amide bonds. The van der Waals surface area contributed by atoms with Crippen LogP contribution in [0.2, 0.25) is 5.02 Å². The molecule has 1 saturated heterocycles. The van der Waals surface area contributed by atoms with E-state index in [-0.39, 0.29) is 23.1 Å². The van der Waals surface area contributed by atoms with Crippen molar-refractivity contribution >= 4 is 35.2 Å². The molecular formula is C24H29ClN2O2S. The highest BCUT2D eigenvalue weighted by molar-refractivity contribution is 8.00. The van der Waals surface area contributed by atoms with Crippen LogP contribution in [0, 0.1) is 0 Å². The molecule has 1 aliphatic heterocycles. The number of nitrogens with zero attached hydrogens (tertiary/aromatic N) is 2. The fraction of sp³-hybridized carbons (Fsp3) is 0.417. The first-order valence-corrected chi connectivity index (χ1v) is 11.8. The fourth-order valence-corrected chi connectivity index (χ4v) is 5.10. The summed E-state index contributed by atoms with van der Waals surface area (Å²) in [5.41, 5.74) is 0.724. The average Bonchev–Trinajstić information content (AvgIpc) is 2.79. The molecule has 3 rings (SSSR count). The lowest BCUT2D eigenvalue weighted by Gasteiger charge is -2.39. The van der Waals surface area contributed by atoms with E-state index in [4.69, 9.17) is 11.6 Å². The Bertz CT molecular complexity index is 853. The highest BCUT2D eigenvalue weighted by Crippen LogP contribution is 2.31. The van der Waals surface area contributed by atoms with E-state index in [0.29, 0.717) is 18.1 Å².